The summed E-state index contributed by atoms with van der Waals surface area (Å²) in [6.07, 6.45) is 5.84. The van der Waals surface area contributed by atoms with Crippen LogP contribution in [0.4, 0.5) is 0 Å². The van der Waals surface area contributed by atoms with E-state index in [2.05, 4.69) is 20.4 Å². The third kappa shape index (κ3) is 2.55. The molecule has 72 valence electrons. The van der Waals surface area contributed by atoms with E-state index in [1.807, 2.05) is 6.08 Å². The van der Waals surface area contributed by atoms with Crippen molar-refractivity contribution in [2.45, 2.75) is 33.1 Å². The van der Waals surface area contributed by atoms with Gasteiger partial charge in [0.05, 0.1) is 0 Å². The van der Waals surface area contributed by atoms with Gasteiger partial charge in [0.15, 0.2) is 0 Å². The van der Waals surface area contributed by atoms with Gasteiger partial charge in [-0.05, 0) is 35.8 Å². The van der Waals surface area contributed by atoms with Gasteiger partial charge in [-0.1, -0.05) is 26.5 Å². The van der Waals surface area contributed by atoms with Gasteiger partial charge < -0.3 is 4.79 Å². The fourth-order valence-corrected chi connectivity index (χ4v) is 2.06. The standard InChI is InChI=1S/C12H18O/c1-9-7-10(2)11(3)12(8-9)5-4-6-13/h5-6,9-10H,3-4,7-8H2,1-2H3/b12-5-/t9-,10-/m0/s1. The molecule has 1 nitrogen and oxygen atoms in total. The van der Waals surface area contributed by atoms with Gasteiger partial charge in [0, 0.05) is 6.42 Å². The topological polar surface area (TPSA) is 17.1 Å². The van der Waals surface area contributed by atoms with Crippen LogP contribution in [0, 0.1) is 11.8 Å². The fourth-order valence-electron chi connectivity index (χ4n) is 2.06. The minimum atomic E-state index is 0.536. The highest BCUT2D eigenvalue weighted by atomic mass is 16.1. The van der Waals surface area contributed by atoms with Crippen molar-refractivity contribution >= 4 is 6.29 Å². The van der Waals surface area contributed by atoms with Crippen molar-refractivity contribution in [3.63, 3.8) is 0 Å². The minimum absolute atomic E-state index is 0.536. The summed E-state index contributed by atoms with van der Waals surface area (Å²) in [5.41, 5.74) is 2.54. The van der Waals surface area contributed by atoms with Gasteiger partial charge in [-0.2, -0.15) is 0 Å². The maximum absolute atomic E-state index is 10.2. The van der Waals surface area contributed by atoms with Gasteiger partial charge in [0.25, 0.3) is 0 Å². The van der Waals surface area contributed by atoms with Crippen molar-refractivity contribution in [1.29, 1.82) is 0 Å². The third-order valence-corrected chi connectivity index (χ3v) is 2.79. The molecule has 0 unspecified atom stereocenters. The lowest BCUT2D eigenvalue weighted by molar-refractivity contribution is -0.107. The lowest BCUT2D eigenvalue weighted by atomic mass is 9.77. The molecule has 1 fully saturated rings. The van der Waals surface area contributed by atoms with Crippen LogP contribution in [-0.2, 0) is 4.79 Å². The zero-order valence-electron chi connectivity index (χ0n) is 8.55. The molecule has 1 aliphatic rings. The van der Waals surface area contributed by atoms with Crippen LogP contribution in [-0.4, -0.2) is 6.29 Å². The van der Waals surface area contributed by atoms with Crippen molar-refractivity contribution in [1.82, 2.24) is 0 Å². The number of rotatable bonds is 2. The molecule has 0 N–H and O–H groups in total. The quantitative estimate of drug-likeness (QED) is 0.594. The monoisotopic (exact) mass is 178 g/mol. The predicted molar refractivity (Wildman–Crippen MR) is 55.5 cm³/mol. The van der Waals surface area contributed by atoms with Crippen molar-refractivity contribution in [3.05, 3.63) is 23.8 Å². The minimum Gasteiger partial charge on any atom is -0.303 e. The van der Waals surface area contributed by atoms with E-state index < -0.39 is 0 Å². The molecular weight excluding hydrogens is 160 g/mol. The third-order valence-electron chi connectivity index (χ3n) is 2.79. The van der Waals surface area contributed by atoms with E-state index in [1.54, 1.807) is 0 Å². The first-order valence-corrected chi connectivity index (χ1v) is 4.97. The first kappa shape index (κ1) is 10.2. The molecule has 2 atom stereocenters. The Morgan fingerprint density at radius 3 is 2.85 bits per heavy atom. The molecule has 0 radical (unpaired) electrons. The zero-order chi connectivity index (χ0) is 9.84. The van der Waals surface area contributed by atoms with Gasteiger partial charge in [0.1, 0.15) is 6.29 Å². The fraction of sp³-hybridized carbons (Fsp3) is 0.583. The second kappa shape index (κ2) is 4.40. The molecule has 0 aromatic rings. The van der Waals surface area contributed by atoms with Crippen molar-refractivity contribution in [3.8, 4) is 0 Å². The predicted octanol–water partition coefficient (Wildman–Crippen LogP) is 3.12. The van der Waals surface area contributed by atoms with Gasteiger partial charge >= 0.3 is 0 Å². The molecule has 0 aliphatic heterocycles. The lowest BCUT2D eigenvalue weighted by Crippen LogP contribution is -2.15. The molecule has 0 spiro atoms. The second-order valence-corrected chi connectivity index (χ2v) is 4.10. The summed E-state index contributed by atoms with van der Waals surface area (Å²) < 4.78 is 0. The van der Waals surface area contributed by atoms with Crippen LogP contribution in [0.25, 0.3) is 0 Å². The van der Waals surface area contributed by atoms with E-state index in [-0.39, 0.29) is 0 Å². The molecule has 0 amide bonds. The largest absolute Gasteiger partial charge is 0.303 e. The Hall–Kier alpha value is -0.850. The Bertz CT molecular complexity index is 238. The van der Waals surface area contributed by atoms with E-state index in [0.29, 0.717) is 12.3 Å². The van der Waals surface area contributed by atoms with Crippen LogP contribution >= 0.6 is 0 Å². The Morgan fingerprint density at radius 2 is 2.23 bits per heavy atom. The Morgan fingerprint density at radius 1 is 1.54 bits per heavy atom. The van der Waals surface area contributed by atoms with E-state index in [1.165, 1.54) is 17.6 Å². The summed E-state index contributed by atoms with van der Waals surface area (Å²) in [7, 11) is 0. The Labute approximate surface area is 80.5 Å². The van der Waals surface area contributed by atoms with Crippen molar-refractivity contribution in [2.24, 2.45) is 11.8 Å². The molecule has 1 aliphatic carbocycles. The summed E-state index contributed by atoms with van der Waals surface area (Å²) in [4.78, 5) is 10.2. The Kier molecular flexibility index (Phi) is 3.47. The average Bonchev–Trinajstić information content (AvgIpc) is 2.09. The van der Waals surface area contributed by atoms with E-state index in [0.717, 1.165) is 18.6 Å². The van der Waals surface area contributed by atoms with Gasteiger partial charge in [-0.15, -0.1) is 0 Å². The van der Waals surface area contributed by atoms with Gasteiger partial charge in [-0.3, -0.25) is 0 Å². The number of hydrogen-bond acceptors (Lipinski definition) is 1. The maximum atomic E-state index is 10.2. The van der Waals surface area contributed by atoms with Gasteiger partial charge in [-0.25, -0.2) is 0 Å². The number of carbonyl (C=O) groups excluding carboxylic acids is 1. The summed E-state index contributed by atoms with van der Waals surface area (Å²) in [5, 5.41) is 0. The molecule has 1 saturated carbocycles. The highest BCUT2D eigenvalue weighted by molar-refractivity contribution is 5.53. The van der Waals surface area contributed by atoms with Crippen LogP contribution in [0.15, 0.2) is 23.8 Å². The number of allylic oxidation sites excluding steroid dienone is 3. The summed E-state index contributed by atoms with van der Waals surface area (Å²) in [6.45, 7) is 8.56. The van der Waals surface area contributed by atoms with Crippen LogP contribution in [0.2, 0.25) is 0 Å². The normalized spacial score (nSPS) is 32.2. The van der Waals surface area contributed by atoms with E-state index in [4.69, 9.17) is 0 Å². The number of aldehydes is 1. The smallest absolute Gasteiger partial charge is 0.123 e. The molecule has 1 rings (SSSR count). The lowest BCUT2D eigenvalue weighted by Gasteiger charge is -2.28. The summed E-state index contributed by atoms with van der Waals surface area (Å²) in [5.74, 6) is 1.32. The highest BCUT2D eigenvalue weighted by Crippen LogP contribution is 2.35. The molecule has 0 aromatic carbocycles. The first-order valence-electron chi connectivity index (χ1n) is 4.97. The van der Waals surface area contributed by atoms with Crippen LogP contribution in [0.3, 0.4) is 0 Å². The maximum Gasteiger partial charge on any atom is 0.123 e. The van der Waals surface area contributed by atoms with Crippen molar-refractivity contribution in [2.75, 3.05) is 0 Å². The molecular formula is C12H18O. The SMILES string of the molecule is C=C1/C(=C\CC=O)C[C@@H](C)C[C@@H]1C. The molecule has 0 heterocycles. The molecule has 0 aromatic heterocycles. The van der Waals surface area contributed by atoms with Crippen LogP contribution in [0.1, 0.15) is 33.1 Å². The first-order chi connectivity index (χ1) is 6.15. The molecule has 0 saturated heterocycles. The van der Waals surface area contributed by atoms with Crippen LogP contribution < -0.4 is 0 Å². The van der Waals surface area contributed by atoms with E-state index >= 15 is 0 Å². The van der Waals surface area contributed by atoms with Gasteiger partial charge in [0.2, 0.25) is 0 Å². The molecule has 1 heteroatoms. The second-order valence-electron chi connectivity index (χ2n) is 4.10. The molecule has 13 heavy (non-hydrogen) atoms. The number of carbonyl (C=O) groups is 1. The Balaban J connectivity index is 2.71. The van der Waals surface area contributed by atoms with Crippen molar-refractivity contribution < 1.29 is 4.79 Å². The van der Waals surface area contributed by atoms with Crippen LogP contribution in [0.5, 0.6) is 0 Å². The highest BCUT2D eigenvalue weighted by Gasteiger charge is 2.21. The summed E-state index contributed by atoms with van der Waals surface area (Å²) in [6, 6.07) is 0. The summed E-state index contributed by atoms with van der Waals surface area (Å²) >= 11 is 0. The van der Waals surface area contributed by atoms with E-state index in [9.17, 15) is 4.79 Å². The number of hydrogen-bond donors (Lipinski definition) is 0. The zero-order valence-corrected chi connectivity index (χ0v) is 8.55. The average molecular weight is 178 g/mol. The molecule has 0 bridgehead atoms.